The SMILES string of the molecule is CCCCCCCCCCCCCCCCCCCCCCCC(=O)OC[C@H](COP(=O)(O)OC[C@@H](O)COP(=O)(O)OC[C@@H](COC(=O)CCCCCCCCCC(C)C)OC(=O)CCCCCCCCCCCCC(C)CC)OC(=O)CCCCCCCCCCCCCCCCCCCCC(C)C. The van der Waals surface area contributed by atoms with Crippen LogP contribution in [-0.4, -0.2) is 96.7 Å². The van der Waals surface area contributed by atoms with Crippen LogP contribution in [0.2, 0.25) is 0 Å². The van der Waals surface area contributed by atoms with Gasteiger partial charge in [0.25, 0.3) is 0 Å². The smallest absolute Gasteiger partial charge is 0.462 e. The summed E-state index contributed by atoms with van der Waals surface area (Å²) in [6, 6.07) is 0. The molecule has 0 aliphatic heterocycles. The van der Waals surface area contributed by atoms with Crippen LogP contribution in [0.15, 0.2) is 0 Å². The highest BCUT2D eigenvalue weighted by atomic mass is 31.2. The van der Waals surface area contributed by atoms with E-state index in [1.807, 2.05) is 0 Å². The van der Waals surface area contributed by atoms with Crippen molar-refractivity contribution in [2.24, 2.45) is 17.8 Å². The average Bonchev–Trinajstić information content (AvgIpc) is 0.904. The molecule has 0 saturated carbocycles. The van der Waals surface area contributed by atoms with Gasteiger partial charge in [0.1, 0.15) is 19.3 Å². The summed E-state index contributed by atoms with van der Waals surface area (Å²) in [5, 5.41) is 10.7. The molecule has 0 bridgehead atoms. The maximum atomic E-state index is 13.2. The van der Waals surface area contributed by atoms with E-state index in [0.29, 0.717) is 31.6 Å². The Hall–Kier alpha value is -1.94. The largest absolute Gasteiger partial charge is 0.472 e. The van der Waals surface area contributed by atoms with Crippen molar-refractivity contribution in [3.63, 3.8) is 0 Å². The van der Waals surface area contributed by atoms with E-state index in [1.54, 1.807) is 0 Å². The number of ether oxygens (including phenoxy) is 4. The van der Waals surface area contributed by atoms with Crippen LogP contribution in [-0.2, 0) is 65.4 Å². The molecule has 0 radical (unpaired) electrons. The summed E-state index contributed by atoms with van der Waals surface area (Å²) in [5.74, 6) is 0.222. The molecule has 0 saturated heterocycles. The number of phosphoric ester groups is 2. The highest BCUT2D eigenvalue weighted by molar-refractivity contribution is 7.47. The van der Waals surface area contributed by atoms with Crippen molar-refractivity contribution in [3.05, 3.63) is 0 Å². The minimum atomic E-state index is -4.97. The lowest BCUT2D eigenvalue weighted by Crippen LogP contribution is -2.30. The van der Waals surface area contributed by atoms with Crippen LogP contribution in [0.4, 0.5) is 0 Å². The van der Waals surface area contributed by atoms with Crippen LogP contribution in [0.3, 0.4) is 0 Å². The summed E-state index contributed by atoms with van der Waals surface area (Å²) in [6.07, 6.45) is 68.2. The van der Waals surface area contributed by atoms with Crippen LogP contribution < -0.4 is 0 Å². The lowest BCUT2D eigenvalue weighted by atomic mass is 9.99. The van der Waals surface area contributed by atoms with E-state index in [0.717, 1.165) is 108 Å². The van der Waals surface area contributed by atoms with Gasteiger partial charge in [-0.3, -0.25) is 37.3 Å². The summed E-state index contributed by atoms with van der Waals surface area (Å²) >= 11 is 0. The molecule has 17 nitrogen and oxygen atoms in total. The molecule has 0 spiro atoms. The second-order valence-electron chi connectivity index (χ2n) is 32.5. The summed E-state index contributed by atoms with van der Waals surface area (Å²) in [5.41, 5.74) is 0. The van der Waals surface area contributed by atoms with Gasteiger partial charge in [0, 0.05) is 25.7 Å². The van der Waals surface area contributed by atoms with Crippen molar-refractivity contribution >= 4 is 39.5 Å². The molecule has 3 unspecified atom stereocenters. The Bertz CT molecular complexity index is 2050. The zero-order valence-corrected chi connectivity index (χ0v) is 71.7. The van der Waals surface area contributed by atoms with Gasteiger partial charge in [0.15, 0.2) is 12.2 Å². The highest BCUT2D eigenvalue weighted by Crippen LogP contribution is 2.45. The number of rotatable bonds is 85. The minimum Gasteiger partial charge on any atom is -0.462 e. The van der Waals surface area contributed by atoms with E-state index in [2.05, 4.69) is 48.5 Å². The molecule has 0 amide bonds. The Labute approximate surface area is 651 Å². The maximum Gasteiger partial charge on any atom is 0.472 e. The van der Waals surface area contributed by atoms with Gasteiger partial charge < -0.3 is 33.8 Å². The first-order chi connectivity index (χ1) is 51.3. The van der Waals surface area contributed by atoms with Crippen LogP contribution in [0.1, 0.15) is 459 Å². The van der Waals surface area contributed by atoms with Gasteiger partial charge in [0.2, 0.25) is 0 Å². The van der Waals surface area contributed by atoms with Gasteiger partial charge in [-0.2, -0.15) is 0 Å². The molecule has 0 fully saturated rings. The minimum absolute atomic E-state index is 0.106. The molecule has 0 aliphatic carbocycles. The number of hydrogen-bond donors (Lipinski definition) is 3. The fourth-order valence-corrected chi connectivity index (χ4v) is 15.1. The number of hydrogen-bond acceptors (Lipinski definition) is 15. The number of carbonyl (C=O) groups is 4. The third-order valence-electron chi connectivity index (χ3n) is 20.7. The topological polar surface area (TPSA) is 237 Å². The molecule has 0 heterocycles. The van der Waals surface area contributed by atoms with Crippen molar-refractivity contribution in [2.45, 2.75) is 478 Å². The Balaban J connectivity index is 5.21. The van der Waals surface area contributed by atoms with Gasteiger partial charge in [-0.1, -0.05) is 408 Å². The second kappa shape index (κ2) is 77.0. The predicted molar refractivity (Wildman–Crippen MR) is 437 cm³/mol. The average molecular weight is 1550 g/mol. The molecule has 0 rings (SSSR count). The fraction of sp³-hybridized carbons (Fsp3) is 0.954. The highest BCUT2D eigenvalue weighted by Gasteiger charge is 2.31. The van der Waals surface area contributed by atoms with E-state index in [-0.39, 0.29) is 25.7 Å². The van der Waals surface area contributed by atoms with Crippen molar-refractivity contribution in [2.75, 3.05) is 39.6 Å². The first-order valence-electron chi connectivity index (χ1n) is 44.9. The van der Waals surface area contributed by atoms with Crippen molar-refractivity contribution in [1.29, 1.82) is 0 Å². The lowest BCUT2D eigenvalue weighted by Gasteiger charge is -2.21. The number of carbonyl (C=O) groups excluding carboxylic acids is 4. The standard InChI is InChI=1S/C87H170O17P2/c1-8-10-11-12-13-14-15-16-17-18-19-20-21-25-28-31-34-40-47-54-61-68-84(89)97-74-82(103-86(91)70-63-56-48-41-35-32-29-26-23-22-24-27-30-33-38-44-51-58-65-78(3)4)76-101-105(93,94)99-72-81(88)73-100-106(95,96)102-77-83(75-98-85(90)69-62-55-50-43-45-52-59-66-79(5)6)104-87(92)71-64-57-49-42-37-36-39-46-53-60-67-80(7)9-2/h78-83,88H,8-77H2,1-7H3,(H,93,94)(H,95,96)/t80?,81-,82-,83-/m1/s1. The lowest BCUT2D eigenvalue weighted by molar-refractivity contribution is -0.161. The fourth-order valence-electron chi connectivity index (χ4n) is 13.5. The van der Waals surface area contributed by atoms with Crippen molar-refractivity contribution < 1.29 is 80.2 Å². The number of esters is 4. The number of aliphatic hydroxyl groups excluding tert-OH is 1. The summed E-state index contributed by atoms with van der Waals surface area (Å²) in [4.78, 5) is 73.2. The quantitative estimate of drug-likeness (QED) is 0.0222. The third kappa shape index (κ3) is 78.7. The molecule has 0 aromatic heterocycles. The predicted octanol–water partition coefficient (Wildman–Crippen LogP) is 26.5. The Kier molecular flexibility index (Phi) is 75.6. The third-order valence-corrected chi connectivity index (χ3v) is 22.6. The molecule has 6 atom stereocenters. The van der Waals surface area contributed by atoms with Crippen molar-refractivity contribution in [3.8, 4) is 0 Å². The van der Waals surface area contributed by atoms with Gasteiger partial charge in [-0.25, -0.2) is 9.13 Å². The van der Waals surface area contributed by atoms with Crippen LogP contribution in [0.5, 0.6) is 0 Å². The molecule has 0 aromatic rings. The Morgan fingerprint density at radius 1 is 0.274 bits per heavy atom. The summed E-state index contributed by atoms with van der Waals surface area (Å²) in [7, 11) is -9.93. The van der Waals surface area contributed by atoms with Gasteiger partial charge >= 0.3 is 39.5 Å². The first-order valence-corrected chi connectivity index (χ1v) is 47.9. The zero-order valence-electron chi connectivity index (χ0n) is 69.9. The van der Waals surface area contributed by atoms with E-state index in [1.165, 1.54) is 263 Å². The van der Waals surface area contributed by atoms with Crippen molar-refractivity contribution in [1.82, 2.24) is 0 Å². The van der Waals surface area contributed by atoms with Gasteiger partial charge in [0.05, 0.1) is 26.4 Å². The maximum absolute atomic E-state index is 13.2. The molecule has 0 aromatic carbocycles. The second-order valence-corrected chi connectivity index (χ2v) is 35.4. The number of aliphatic hydroxyl groups is 1. The van der Waals surface area contributed by atoms with E-state index in [9.17, 15) is 43.2 Å². The van der Waals surface area contributed by atoms with Crippen LogP contribution in [0, 0.1) is 17.8 Å². The molecule has 3 N–H and O–H groups in total. The Morgan fingerprint density at radius 3 is 0.717 bits per heavy atom. The van der Waals surface area contributed by atoms with E-state index >= 15 is 0 Å². The van der Waals surface area contributed by atoms with Crippen LogP contribution in [0.25, 0.3) is 0 Å². The molecule has 106 heavy (non-hydrogen) atoms. The number of unbranched alkanes of at least 4 members (excludes halogenated alkanes) is 52. The first kappa shape index (κ1) is 104. The number of phosphoric acid groups is 2. The van der Waals surface area contributed by atoms with E-state index < -0.39 is 97.5 Å². The zero-order chi connectivity index (χ0) is 77.9. The molecule has 630 valence electrons. The molecule has 0 aliphatic rings. The monoisotopic (exact) mass is 1550 g/mol. The summed E-state index contributed by atoms with van der Waals surface area (Å²) in [6.45, 7) is 12.0. The summed E-state index contributed by atoms with van der Waals surface area (Å²) < 4.78 is 68.9. The van der Waals surface area contributed by atoms with Crippen LogP contribution >= 0.6 is 15.6 Å². The van der Waals surface area contributed by atoms with Gasteiger partial charge in [-0.15, -0.1) is 0 Å². The molecular formula is C87H170O17P2. The van der Waals surface area contributed by atoms with E-state index in [4.69, 9.17) is 37.0 Å². The normalized spacial score (nSPS) is 14.1. The molecule has 19 heteroatoms. The Morgan fingerprint density at radius 2 is 0.481 bits per heavy atom. The van der Waals surface area contributed by atoms with Gasteiger partial charge in [-0.05, 0) is 43.4 Å². The molecular weight excluding hydrogens is 1380 g/mol.